The minimum atomic E-state index is -1.57. The first-order valence-corrected chi connectivity index (χ1v) is 6.30. The number of hydrogen-bond acceptors (Lipinski definition) is 4. The highest BCUT2D eigenvalue weighted by atomic mass is 35.5. The number of anilines is 1. The van der Waals surface area contributed by atoms with Crippen LogP contribution in [0.15, 0.2) is 18.2 Å². The second-order valence-electron chi connectivity index (χ2n) is 4.68. The lowest BCUT2D eigenvalue weighted by Crippen LogP contribution is -2.43. The maximum absolute atomic E-state index is 11.7. The molecule has 112 valence electrons. The summed E-state index contributed by atoms with van der Waals surface area (Å²) in [5.74, 6) is -1.18. The van der Waals surface area contributed by atoms with E-state index in [-0.39, 0.29) is 17.8 Å². The summed E-state index contributed by atoms with van der Waals surface area (Å²) >= 11 is 5.78. The van der Waals surface area contributed by atoms with Crippen LogP contribution in [0.3, 0.4) is 0 Å². The summed E-state index contributed by atoms with van der Waals surface area (Å²) in [5, 5.41) is 32.4. The van der Waals surface area contributed by atoms with Gasteiger partial charge in [-0.05, 0) is 25.1 Å². The molecule has 4 N–H and O–H groups in total. The van der Waals surface area contributed by atoms with E-state index in [0.717, 1.165) is 0 Å². The molecule has 0 saturated heterocycles. The zero-order valence-corrected chi connectivity index (χ0v) is 11.9. The Morgan fingerprint density at radius 2 is 2.14 bits per heavy atom. The predicted octanol–water partition coefficient (Wildman–Crippen LogP) is 1.56. The molecule has 0 bridgehead atoms. The molecular weight excluding hydrogens is 298 g/mol. The van der Waals surface area contributed by atoms with E-state index < -0.39 is 24.0 Å². The summed E-state index contributed by atoms with van der Waals surface area (Å²) in [5.41, 5.74) is -1.12. The normalized spacial score (nSPS) is 12.9. The van der Waals surface area contributed by atoms with Crippen LogP contribution in [-0.2, 0) is 4.79 Å². The van der Waals surface area contributed by atoms with Crippen molar-refractivity contribution < 1.29 is 19.8 Å². The third kappa shape index (κ3) is 5.69. The molecule has 1 rings (SSSR count). The summed E-state index contributed by atoms with van der Waals surface area (Å²) in [6, 6.07) is 5.60. The standard InChI is InChI=1S/C13H14ClN3O4/c1-13(21,5-11(18)19)7-16-12(20)17-10-4-9(14)3-2-8(10)6-15/h2-4,21H,5,7H2,1H3,(H,18,19)(H2,16,17,20). The molecule has 7 nitrogen and oxygen atoms in total. The zero-order valence-electron chi connectivity index (χ0n) is 11.2. The molecule has 0 saturated carbocycles. The quantitative estimate of drug-likeness (QED) is 0.657. The number of nitrogens with one attached hydrogen (secondary N) is 2. The van der Waals surface area contributed by atoms with Crippen molar-refractivity contribution in [1.82, 2.24) is 5.32 Å². The van der Waals surface area contributed by atoms with Crippen molar-refractivity contribution in [2.45, 2.75) is 18.9 Å². The summed E-state index contributed by atoms with van der Waals surface area (Å²) in [7, 11) is 0. The van der Waals surface area contributed by atoms with Crippen LogP contribution in [0.4, 0.5) is 10.5 Å². The minimum absolute atomic E-state index is 0.223. The van der Waals surface area contributed by atoms with Crippen molar-refractivity contribution >= 4 is 29.3 Å². The van der Waals surface area contributed by atoms with Gasteiger partial charge in [0.05, 0.1) is 23.3 Å². The number of benzene rings is 1. The van der Waals surface area contributed by atoms with Gasteiger partial charge in [-0.3, -0.25) is 4.79 Å². The number of carboxylic acid groups (broad SMARTS) is 1. The number of halogens is 1. The fourth-order valence-corrected chi connectivity index (χ4v) is 1.71. The number of rotatable bonds is 5. The topological polar surface area (TPSA) is 122 Å². The molecule has 0 aliphatic rings. The van der Waals surface area contributed by atoms with Gasteiger partial charge in [-0.25, -0.2) is 4.79 Å². The smallest absolute Gasteiger partial charge is 0.319 e. The third-order valence-corrected chi connectivity index (χ3v) is 2.75. The van der Waals surface area contributed by atoms with Crippen LogP contribution in [0.5, 0.6) is 0 Å². The van der Waals surface area contributed by atoms with E-state index >= 15 is 0 Å². The number of amides is 2. The Balaban J connectivity index is 2.65. The van der Waals surface area contributed by atoms with Gasteiger partial charge in [0, 0.05) is 11.6 Å². The molecule has 0 aliphatic carbocycles. The molecule has 1 unspecified atom stereocenters. The number of carboxylic acids is 1. The van der Waals surface area contributed by atoms with Crippen molar-refractivity contribution in [2.75, 3.05) is 11.9 Å². The highest BCUT2D eigenvalue weighted by molar-refractivity contribution is 6.31. The number of nitriles is 1. The Morgan fingerprint density at radius 3 is 2.71 bits per heavy atom. The van der Waals surface area contributed by atoms with E-state index in [9.17, 15) is 14.7 Å². The van der Waals surface area contributed by atoms with Crippen LogP contribution in [0, 0.1) is 11.3 Å². The monoisotopic (exact) mass is 311 g/mol. The average molecular weight is 312 g/mol. The van der Waals surface area contributed by atoms with Crippen LogP contribution in [0.1, 0.15) is 18.9 Å². The molecule has 21 heavy (non-hydrogen) atoms. The summed E-state index contributed by atoms with van der Waals surface area (Å²) < 4.78 is 0. The van der Waals surface area contributed by atoms with Crippen LogP contribution in [0.25, 0.3) is 0 Å². The Bertz CT molecular complexity index is 596. The zero-order chi connectivity index (χ0) is 16.0. The molecule has 1 atom stereocenters. The number of carbonyl (C=O) groups excluding carboxylic acids is 1. The number of hydrogen-bond donors (Lipinski definition) is 4. The lowest BCUT2D eigenvalue weighted by atomic mass is 10.0. The SMILES string of the molecule is CC(O)(CNC(=O)Nc1cc(Cl)ccc1C#N)CC(=O)O. The molecule has 0 fully saturated rings. The Labute approximate surface area is 126 Å². The number of aliphatic carboxylic acids is 1. The van der Waals surface area contributed by atoms with Gasteiger partial charge in [0.15, 0.2) is 0 Å². The van der Waals surface area contributed by atoms with Gasteiger partial charge >= 0.3 is 12.0 Å². The molecule has 0 heterocycles. The molecule has 8 heteroatoms. The van der Waals surface area contributed by atoms with Gasteiger partial charge in [0.25, 0.3) is 0 Å². The van der Waals surface area contributed by atoms with Crippen molar-refractivity contribution in [3.63, 3.8) is 0 Å². The predicted molar refractivity (Wildman–Crippen MR) is 76.1 cm³/mol. The van der Waals surface area contributed by atoms with Crippen molar-refractivity contribution in [2.24, 2.45) is 0 Å². The molecular formula is C13H14ClN3O4. The number of aliphatic hydroxyl groups is 1. The maximum Gasteiger partial charge on any atom is 0.319 e. The first-order chi connectivity index (χ1) is 9.73. The van der Waals surface area contributed by atoms with Gasteiger partial charge in [-0.1, -0.05) is 11.6 Å². The lowest BCUT2D eigenvalue weighted by molar-refractivity contribution is -0.141. The van der Waals surface area contributed by atoms with E-state index in [0.29, 0.717) is 5.02 Å². The number of urea groups is 1. The van der Waals surface area contributed by atoms with E-state index in [1.807, 2.05) is 6.07 Å². The van der Waals surface area contributed by atoms with Crippen LogP contribution < -0.4 is 10.6 Å². The molecule has 0 spiro atoms. The first kappa shape index (κ1) is 16.8. The van der Waals surface area contributed by atoms with Gasteiger partial charge < -0.3 is 20.8 Å². The van der Waals surface area contributed by atoms with Gasteiger partial charge in [-0.2, -0.15) is 5.26 Å². The van der Waals surface area contributed by atoms with Crippen molar-refractivity contribution in [3.8, 4) is 6.07 Å². The van der Waals surface area contributed by atoms with Crippen LogP contribution in [0.2, 0.25) is 5.02 Å². The Morgan fingerprint density at radius 1 is 1.48 bits per heavy atom. The van der Waals surface area contributed by atoms with Crippen molar-refractivity contribution in [1.29, 1.82) is 5.26 Å². The highest BCUT2D eigenvalue weighted by Gasteiger charge is 2.24. The summed E-state index contributed by atoms with van der Waals surface area (Å²) in [6.07, 6.45) is -0.506. The Hall–Kier alpha value is -2.30. The second kappa shape index (κ2) is 6.92. The fourth-order valence-electron chi connectivity index (χ4n) is 1.54. The van der Waals surface area contributed by atoms with E-state index in [1.54, 1.807) is 0 Å². The van der Waals surface area contributed by atoms with E-state index in [1.165, 1.54) is 25.1 Å². The largest absolute Gasteiger partial charge is 0.481 e. The van der Waals surface area contributed by atoms with Gasteiger partial charge in [0.1, 0.15) is 6.07 Å². The van der Waals surface area contributed by atoms with Crippen molar-refractivity contribution in [3.05, 3.63) is 28.8 Å². The van der Waals surface area contributed by atoms with Gasteiger partial charge in [0.2, 0.25) is 0 Å². The number of carbonyl (C=O) groups is 2. The van der Waals surface area contributed by atoms with E-state index in [2.05, 4.69) is 10.6 Å². The third-order valence-electron chi connectivity index (χ3n) is 2.51. The van der Waals surface area contributed by atoms with Crippen LogP contribution in [-0.4, -0.2) is 34.4 Å². The average Bonchev–Trinajstić information content (AvgIpc) is 2.35. The van der Waals surface area contributed by atoms with Crippen LogP contribution >= 0.6 is 11.6 Å². The second-order valence-corrected chi connectivity index (χ2v) is 5.11. The highest BCUT2D eigenvalue weighted by Crippen LogP contribution is 2.20. The van der Waals surface area contributed by atoms with Gasteiger partial charge in [-0.15, -0.1) is 0 Å². The number of nitrogens with zero attached hydrogens (tertiary/aromatic N) is 1. The molecule has 1 aromatic rings. The molecule has 0 aliphatic heterocycles. The molecule has 2 amide bonds. The fraction of sp³-hybridized carbons (Fsp3) is 0.308. The first-order valence-electron chi connectivity index (χ1n) is 5.92. The molecule has 1 aromatic carbocycles. The lowest BCUT2D eigenvalue weighted by Gasteiger charge is -2.21. The molecule has 0 aromatic heterocycles. The summed E-state index contributed by atoms with van der Waals surface area (Å²) in [6.45, 7) is 1.04. The minimum Gasteiger partial charge on any atom is -0.481 e. The summed E-state index contributed by atoms with van der Waals surface area (Å²) in [4.78, 5) is 22.2. The Kier molecular flexibility index (Phi) is 5.52. The maximum atomic E-state index is 11.7. The van der Waals surface area contributed by atoms with E-state index in [4.69, 9.17) is 22.0 Å². The molecule has 0 radical (unpaired) electrons.